The van der Waals surface area contributed by atoms with Gasteiger partial charge in [0.2, 0.25) is 0 Å². The number of hydrogen-bond donors (Lipinski definition) is 2. The largest absolute Gasteiger partial charge is 0.385 e. The van der Waals surface area contributed by atoms with Crippen LogP contribution in [0.3, 0.4) is 0 Å². The molecule has 2 heteroatoms. The molecule has 1 saturated carbocycles. The van der Waals surface area contributed by atoms with Crippen molar-refractivity contribution in [1.82, 2.24) is 5.32 Å². The molecule has 2 aliphatic rings. The summed E-state index contributed by atoms with van der Waals surface area (Å²) in [4.78, 5) is 0. The number of aryl methyl sites for hydroxylation is 1. The van der Waals surface area contributed by atoms with Crippen molar-refractivity contribution >= 4 is 5.69 Å². The predicted molar refractivity (Wildman–Crippen MR) is 72.6 cm³/mol. The van der Waals surface area contributed by atoms with E-state index in [4.69, 9.17) is 0 Å². The fraction of sp³-hybridized carbons (Fsp3) is 0.600. The summed E-state index contributed by atoms with van der Waals surface area (Å²) >= 11 is 0. The lowest BCUT2D eigenvalue weighted by molar-refractivity contribution is 0.542. The Morgan fingerprint density at radius 3 is 3.12 bits per heavy atom. The molecule has 2 nitrogen and oxygen atoms in total. The molecule has 0 spiro atoms. The molecule has 1 heterocycles. The van der Waals surface area contributed by atoms with Crippen molar-refractivity contribution < 1.29 is 0 Å². The van der Waals surface area contributed by atoms with Crippen molar-refractivity contribution in [2.45, 2.75) is 51.1 Å². The highest BCUT2D eigenvalue weighted by atomic mass is 15.0. The van der Waals surface area contributed by atoms with Gasteiger partial charge in [0.25, 0.3) is 0 Å². The SMILES string of the molecule is CC(Cc1ccc2c(c1)CCCN2)NC1CC1. The second-order valence-electron chi connectivity index (χ2n) is 5.57. The Morgan fingerprint density at radius 2 is 2.29 bits per heavy atom. The Balaban J connectivity index is 1.65. The van der Waals surface area contributed by atoms with Crippen LogP contribution in [0.5, 0.6) is 0 Å². The topological polar surface area (TPSA) is 24.1 Å². The molecule has 0 radical (unpaired) electrons. The van der Waals surface area contributed by atoms with Crippen molar-refractivity contribution in [3.05, 3.63) is 29.3 Å². The lowest BCUT2D eigenvalue weighted by Gasteiger charge is -2.20. The summed E-state index contributed by atoms with van der Waals surface area (Å²) in [6.07, 6.45) is 6.41. The van der Waals surface area contributed by atoms with Crippen LogP contribution in [0.2, 0.25) is 0 Å². The zero-order valence-electron chi connectivity index (χ0n) is 10.6. The summed E-state index contributed by atoms with van der Waals surface area (Å²) < 4.78 is 0. The van der Waals surface area contributed by atoms with E-state index in [1.807, 2.05) is 0 Å². The summed E-state index contributed by atoms with van der Waals surface area (Å²) in [5.74, 6) is 0. The van der Waals surface area contributed by atoms with Crippen LogP contribution in [0.1, 0.15) is 37.3 Å². The predicted octanol–water partition coefficient (Wildman–Crippen LogP) is 2.73. The lowest BCUT2D eigenvalue weighted by atomic mass is 9.98. The van der Waals surface area contributed by atoms with E-state index in [2.05, 4.69) is 35.8 Å². The Morgan fingerprint density at radius 1 is 1.41 bits per heavy atom. The Kier molecular flexibility index (Phi) is 3.06. The number of rotatable bonds is 4. The van der Waals surface area contributed by atoms with Crippen molar-refractivity contribution in [3.63, 3.8) is 0 Å². The molecule has 3 rings (SSSR count). The molecule has 1 unspecified atom stereocenters. The van der Waals surface area contributed by atoms with Gasteiger partial charge in [-0.3, -0.25) is 0 Å². The average molecular weight is 230 g/mol. The third-order valence-corrected chi connectivity index (χ3v) is 3.75. The van der Waals surface area contributed by atoms with E-state index in [1.165, 1.54) is 42.5 Å². The van der Waals surface area contributed by atoms with Gasteiger partial charge in [-0.2, -0.15) is 0 Å². The molecule has 1 aliphatic heterocycles. The molecule has 1 fully saturated rings. The molecule has 0 aromatic heterocycles. The van der Waals surface area contributed by atoms with E-state index in [-0.39, 0.29) is 0 Å². The Bertz CT molecular complexity index is 396. The quantitative estimate of drug-likeness (QED) is 0.831. The van der Waals surface area contributed by atoms with Crippen LogP contribution in [0.25, 0.3) is 0 Å². The van der Waals surface area contributed by atoms with E-state index < -0.39 is 0 Å². The number of anilines is 1. The maximum Gasteiger partial charge on any atom is 0.0372 e. The van der Waals surface area contributed by atoms with Crippen LogP contribution in [0.4, 0.5) is 5.69 Å². The van der Waals surface area contributed by atoms with E-state index in [9.17, 15) is 0 Å². The van der Waals surface area contributed by atoms with Gasteiger partial charge in [0.05, 0.1) is 0 Å². The molecular weight excluding hydrogens is 208 g/mol. The van der Waals surface area contributed by atoms with Gasteiger partial charge in [0, 0.05) is 24.3 Å². The third kappa shape index (κ3) is 2.81. The average Bonchev–Trinajstić information content (AvgIpc) is 3.12. The van der Waals surface area contributed by atoms with Gasteiger partial charge < -0.3 is 10.6 Å². The minimum Gasteiger partial charge on any atom is -0.385 e. The first-order valence-electron chi connectivity index (χ1n) is 6.93. The number of nitrogens with one attached hydrogen (secondary N) is 2. The Hall–Kier alpha value is -1.02. The van der Waals surface area contributed by atoms with Crippen LogP contribution >= 0.6 is 0 Å². The third-order valence-electron chi connectivity index (χ3n) is 3.75. The minimum absolute atomic E-state index is 0.608. The lowest BCUT2D eigenvalue weighted by Crippen LogP contribution is -2.29. The highest BCUT2D eigenvalue weighted by Gasteiger charge is 2.22. The zero-order chi connectivity index (χ0) is 11.7. The first-order chi connectivity index (χ1) is 8.31. The van der Waals surface area contributed by atoms with Gasteiger partial charge in [0.15, 0.2) is 0 Å². The first kappa shape index (κ1) is 11.1. The molecule has 0 saturated heterocycles. The van der Waals surface area contributed by atoms with Crippen LogP contribution in [0, 0.1) is 0 Å². The second kappa shape index (κ2) is 4.69. The first-order valence-corrected chi connectivity index (χ1v) is 6.93. The van der Waals surface area contributed by atoms with Gasteiger partial charge in [-0.05, 0) is 56.2 Å². The zero-order valence-corrected chi connectivity index (χ0v) is 10.6. The van der Waals surface area contributed by atoms with Gasteiger partial charge >= 0.3 is 0 Å². The van der Waals surface area contributed by atoms with Crippen molar-refractivity contribution in [2.24, 2.45) is 0 Å². The maximum atomic E-state index is 3.67. The second-order valence-corrected chi connectivity index (χ2v) is 5.57. The van der Waals surface area contributed by atoms with Gasteiger partial charge in [-0.25, -0.2) is 0 Å². The van der Waals surface area contributed by atoms with Crippen molar-refractivity contribution in [2.75, 3.05) is 11.9 Å². The van der Waals surface area contributed by atoms with E-state index in [0.717, 1.165) is 19.0 Å². The number of fused-ring (bicyclic) bond motifs is 1. The molecule has 92 valence electrons. The summed E-state index contributed by atoms with van der Waals surface area (Å²) in [5.41, 5.74) is 4.34. The molecule has 1 aromatic rings. The summed E-state index contributed by atoms with van der Waals surface area (Å²) in [5, 5.41) is 7.14. The fourth-order valence-corrected chi connectivity index (χ4v) is 2.72. The van der Waals surface area contributed by atoms with E-state index >= 15 is 0 Å². The highest BCUT2D eigenvalue weighted by molar-refractivity contribution is 5.54. The monoisotopic (exact) mass is 230 g/mol. The summed E-state index contributed by atoms with van der Waals surface area (Å²) in [6, 6.07) is 8.35. The Labute approximate surface area is 104 Å². The van der Waals surface area contributed by atoms with Crippen molar-refractivity contribution in [3.8, 4) is 0 Å². The number of hydrogen-bond acceptors (Lipinski definition) is 2. The van der Waals surface area contributed by atoms with Gasteiger partial charge in [-0.15, -0.1) is 0 Å². The molecule has 1 aliphatic carbocycles. The van der Waals surface area contributed by atoms with E-state index in [1.54, 1.807) is 0 Å². The van der Waals surface area contributed by atoms with E-state index in [0.29, 0.717) is 6.04 Å². The fourth-order valence-electron chi connectivity index (χ4n) is 2.72. The standard InChI is InChI=1S/C15H22N2/c1-11(17-14-5-6-14)9-12-4-7-15-13(10-12)3-2-8-16-15/h4,7,10-11,14,16-17H,2-3,5-6,8-9H2,1H3. The molecule has 1 atom stereocenters. The molecule has 2 N–H and O–H groups in total. The molecule has 0 bridgehead atoms. The molecule has 17 heavy (non-hydrogen) atoms. The highest BCUT2D eigenvalue weighted by Crippen LogP contribution is 2.24. The molecular formula is C15H22N2. The normalized spacial score (nSPS) is 20.5. The molecule has 0 amide bonds. The van der Waals surface area contributed by atoms with Crippen LogP contribution < -0.4 is 10.6 Å². The number of benzene rings is 1. The molecule has 1 aromatic carbocycles. The smallest absolute Gasteiger partial charge is 0.0372 e. The van der Waals surface area contributed by atoms with Gasteiger partial charge in [0.1, 0.15) is 0 Å². The van der Waals surface area contributed by atoms with Gasteiger partial charge in [-0.1, -0.05) is 12.1 Å². The summed E-state index contributed by atoms with van der Waals surface area (Å²) in [7, 11) is 0. The van der Waals surface area contributed by atoms with Crippen LogP contribution in [0.15, 0.2) is 18.2 Å². The van der Waals surface area contributed by atoms with Crippen LogP contribution in [-0.4, -0.2) is 18.6 Å². The minimum atomic E-state index is 0.608. The van der Waals surface area contributed by atoms with Crippen LogP contribution in [-0.2, 0) is 12.8 Å². The maximum absolute atomic E-state index is 3.67. The van der Waals surface area contributed by atoms with Crippen molar-refractivity contribution in [1.29, 1.82) is 0 Å². The summed E-state index contributed by atoms with van der Waals surface area (Å²) in [6.45, 7) is 3.43.